The lowest BCUT2D eigenvalue weighted by Crippen LogP contribution is -2.37. The summed E-state index contributed by atoms with van der Waals surface area (Å²) < 4.78 is 34.7. The molecule has 0 aromatic heterocycles. The molecule has 558 valence electrons. The van der Waals surface area contributed by atoms with Gasteiger partial charge in [-0.3, -0.25) is 18.6 Å². The number of carbonyl (C=O) groups excluding carboxylic acids is 2. The largest absolute Gasteiger partial charge is 0.472 e. The average Bonchev–Trinajstić information content (AvgIpc) is 1.07. The highest BCUT2D eigenvalue weighted by molar-refractivity contribution is 7.47. The topological polar surface area (TPSA) is 108 Å². The monoisotopic (exact) mass is 1400 g/mol. The lowest BCUT2D eigenvalue weighted by molar-refractivity contribution is -0.870. The smallest absolute Gasteiger partial charge is 0.462 e. The SMILES string of the molecule is CC/C=C\C/C=C\C/C=C\C/C=C\C/C=C\C/C=C\C/C=C\C/C=C\C/C=C\C/C=C\C/C=C\C/C=C\CCCCC(=O)OC(COC(=O)CCCCCCCCCCCCCC/C=C\C/C=C\C/C=C\C/C=C\C/C=C\C/C=C\C/C=C\C/C=C\CC)COP(=O)(O)OCC[N+](C)(C)C. The Balaban J connectivity index is 4.19. The van der Waals surface area contributed by atoms with Gasteiger partial charge in [0.2, 0.25) is 0 Å². The van der Waals surface area contributed by atoms with Gasteiger partial charge in [-0.2, -0.15) is 0 Å². The van der Waals surface area contributed by atoms with Gasteiger partial charge in [0.15, 0.2) is 6.10 Å². The van der Waals surface area contributed by atoms with Crippen LogP contribution in [0.15, 0.2) is 243 Å². The maximum Gasteiger partial charge on any atom is 0.472 e. The maximum atomic E-state index is 12.9. The zero-order valence-corrected chi connectivity index (χ0v) is 64.5. The van der Waals surface area contributed by atoms with E-state index in [9.17, 15) is 19.0 Å². The minimum Gasteiger partial charge on any atom is -0.462 e. The summed E-state index contributed by atoms with van der Waals surface area (Å²) in [6, 6.07) is 0. The fraction of sp³-hybridized carbons (Fsp3) is 0.533. The van der Waals surface area contributed by atoms with Gasteiger partial charge in [-0.1, -0.05) is 321 Å². The van der Waals surface area contributed by atoms with Gasteiger partial charge >= 0.3 is 19.8 Å². The third-order valence-electron chi connectivity index (χ3n) is 15.4. The molecule has 0 rings (SSSR count). The van der Waals surface area contributed by atoms with Crippen LogP contribution >= 0.6 is 7.82 Å². The minimum atomic E-state index is -4.43. The van der Waals surface area contributed by atoms with Crippen molar-refractivity contribution in [3.05, 3.63) is 243 Å². The van der Waals surface area contributed by atoms with E-state index in [1.165, 1.54) is 51.4 Å². The summed E-state index contributed by atoms with van der Waals surface area (Å²) in [4.78, 5) is 35.9. The molecule has 1 N–H and O–H groups in total. The Morgan fingerprint density at radius 3 is 0.820 bits per heavy atom. The molecule has 0 aliphatic heterocycles. The molecule has 0 aromatic carbocycles. The predicted octanol–water partition coefficient (Wildman–Crippen LogP) is 26.3. The molecular formula is C90H141NO8P+. The Morgan fingerprint density at radius 1 is 0.310 bits per heavy atom. The molecule has 0 saturated heterocycles. The van der Waals surface area contributed by atoms with Crippen molar-refractivity contribution in [2.45, 2.75) is 264 Å². The Morgan fingerprint density at radius 2 is 0.540 bits per heavy atom. The number of hydrogen-bond acceptors (Lipinski definition) is 7. The number of hydrogen-bond donors (Lipinski definition) is 1. The molecule has 0 saturated carbocycles. The van der Waals surface area contributed by atoms with Gasteiger partial charge in [-0.15, -0.1) is 0 Å². The summed E-state index contributed by atoms with van der Waals surface area (Å²) in [5, 5.41) is 0. The molecule has 0 aromatic rings. The molecule has 0 bridgehead atoms. The first-order valence-electron chi connectivity index (χ1n) is 38.8. The molecule has 10 heteroatoms. The summed E-state index contributed by atoms with van der Waals surface area (Å²) in [7, 11) is 1.42. The number of phosphoric acid groups is 1. The van der Waals surface area contributed by atoms with Crippen LogP contribution in [0.3, 0.4) is 0 Å². The highest BCUT2D eigenvalue weighted by Crippen LogP contribution is 2.43. The molecule has 0 aliphatic carbocycles. The molecule has 2 atom stereocenters. The van der Waals surface area contributed by atoms with E-state index in [1.54, 1.807) is 0 Å². The lowest BCUT2D eigenvalue weighted by atomic mass is 10.0. The van der Waals surface area contributed by atoms with E-state index in [0.717, 1.165) is 173 Å². The third-order valence-corrected chi connectivity index (χ3v) is 16.4. The first-order valence-corrected chi connectivity index (χ1v) is 40.3. The van der Waals surface area contributed by atoms with E-state index in [1.807, 2.05) is 21.1 Å². The van der Waals surface area contributed by atoms with Crippen LogP contribution in [0.25, 0.3) is 0 Å². The molecule has 0 aliphatic rings. The van der Waals surface area contributed by atoms with Crippen LogP contribution in [0.2, 0.25) is 0 Å². The molecule has 0 radical (unpaired) electrons. The van der Waals surface area contributed by atoms with E-state index in [-0.39, 0.29) is 26.1 Å². The van der Waals surface area contributed by atoms with Gasteiger partial charge in [0, 0.05) is 12.8 Å². The molecule has 0 spiro atoms. The van der Waals surface area contributed by atoms with E-state index < -0.39 is 32.5 Å². The zero-order chi connectivity index (χ0) is 72.5. The predicted molar refractivity (Wildman–Crippen MR) is 435 cm³/mol. The van der Waals surface area contributed by atoms with Crippen molar-refractivity contribution in [3.8, 4) is 0 Å². The van der Waals surface area contributed by atoms with Crippen molar-refractivity contribution in [2.24, 2.45) is 0 Å². The Kier molecular flexibility index (Phi) is 72.2. The van der Waals surface area contributed by atoms with Crippen LogP contribution in [-0.2, 0) is 32.7 Å². The number of ether oxygens (including phenoxy) is 2. The van der Waals surface area contributed by atoms with Crippen LogP contribution in [0.5, 0.6) is 0 Å². The zero-order valence-electron chi connectivity index (χ0n) is 63.6. The van der Waals surface area contributed by atoms with Gasteiger partial charge in [0.25, 0.3) is 0 Å². The second kappa shape index (κ2) is 77.0. The highest BCUT2D eigenvalue weighted by Gasteiger charge is 2.27. The van der Waals surface area contributed by atoms with Gasteiger partial charge in [0.1, 0.15) is 19.8 Å². The number of quaternary nitrogens is 1. The average molecular weight is 1400 g/mol. The summed E-state index contributed by atoms with van der Waals surface area (Å²) in [5.41, 5.74) is 0. The number of carbonyl (C=O) groups is 2. The Labute approximate surface area is 613 Å². The van der Waals surface area contributed by atoms with E-state index in [4.69, 9.17) is 18.5 Å². The van der Waals surface area contributed by atoms with Crippen molar-refractivity contribution in [1.29, 1.82) is 0 Å². The van der Waals surface area contributed by atoms with Crippen LogP contribution < -0.4 is 0 Å². The third kappa shape index (κ3) is 80.8. The fourth-order valence-corrected chi connectivity index (χ4v) is 10.3. The second-order valence-electron chi connectivity index (χ2n) is 25.9. The number of phosphoric ester groups is 1. The number of allylic oxidation sites excluding steroid dienone is 40. The first-order chi connectivity index (χ1) is 49.0. The molecule has 0 heterocycles. The van der Waals surface area contributed by atoms with Crippen LogP contribution in [0.4, 0.5) is 0 Å². The molecular weight excluding hydrogens is 1250 g/mol. The van der Waals surface area contributed by atoms with Gasteiger partial charge in [0.05, 0.1) is 27.7 Å². The quantitative estimate of drug-likeness (QED) is 0.0211. The van der Waals surface area contributed by atoms with Crippen molar-refractivity contribution < 1.29 is 42.1 Å². The van der Waals surface area contributed by atoms with Crippen LogP contribution in [0.1, 0.15) is 258 Å². The number of unbranched alkanes of at least 4 members (excludes halogenated alkanes) is 14. The maximum absolute atomic E-state index is 12.9. The van der Waals surface area contributed by atoms with Crippen molar-refractivity contribution in [3.63, 3.8) is 0 Å². The van der Waals surface area contributed by atoms with Gasteiger partial charge < -0.3 is 18.9 Å². The van der Waals surface area contributed by atoms with Crippen LogP contribution in [0, 0.1) is 0 Å². The Bertz CT molecular complexity index is 2600. The summed E-state index contributed by atoms with van der Waals surface area (Å²) in [6.45, 7) is 4.12. The lowest BCUT2D eigenvalue weighted by Gasteiger charge is -2.24. The standard InChI is InChI=1S/C90H140NO8P/c1-6-8-10-12-14-16-18-20-22-24-26-28-30-32-34-36-38-40-42-44-45-47-49-51-53-55-57-59-61-63-65-67-69-71-73-75-77-79-81-83-90(93)99-88(87-98-100(94,95)97-85-84-91(3,4)5)86-96-89(92)82-80-78-76-74-72-70-68-66-64-62-60-58-56-54-52-50-48-46-43-41-39-37-35-33-31-29-27-25-23-21-19-17-15-13-11-9-7-2/h8-11,14-17,20-23,26-29,32-35,38-41,44-46,48-49,51-52,54-55,57,61,63,67,69,73,75,88H,6-7,12-13,18-19,24-25,30-31,36-37,42-43,47,50,53,56,58-60,62,64-66,68,70-72,74,76-87H2,1-5H3/p+1/b10-8-,11-9-,16-14-,17-15-,22-20-,23-21-,28-26-,29-27-,34-32-,35-33-,40-38-,41-39-,45-44-,48-46-,51-49-,54-52-,57-55-,63-61-,69-67-,75-73-. The summed E-state index contributed by atoms with van der Waals surface area (Å²) in [5.74, 6) is -0.867. The minimum absolute atomic E-state index is 0.00986. The molecule has 0 fully saturated rings. The van der Waals surface area contributed by atoms with Gasteiger partial charge in [-0.05, 0) is 167 Å². The van der Waals surface area contributed by atoms with E-state index >= 15 is 0 Å². The summed E-state index contributed by atoms with van der Waals surface area (Å²) in [6.07, 6.45) is 126. The molecule has 0 amide bonds. The van der Waals surface area contributed by atoms with Gasteiger partial charge in [-0.25, -0.2) is 4.57 Å². The number of rotatable bonds is 68. The highest BCUT2D eigenvalue weighted by atomic mass is 31.2. The van der Waals surface area contributed by atoms with Crippen molar-refractivity contribution >= 4 is 19.8 Å². The number of nitrogens with zero attached hydrogens (tertiary/aromatic N) is 1. The molecule has 2 unspecified atom stereocenters. The molecule has 100 heavy (non-hydrogen) atoms. The normalized spacial score (nSPS) is 14.4. The fourth-order valence-electron chi connectivity index (χ4n) is 9.54. The number of esters is 2. The number of likely N-dealkylation sites (N-methyl/N-ethyl adjacent to an activating group) is 1. The Hall–Kier alpha value is -6.19. The molecule has 9 nitrogen and oxygen atoms in total. The van der Waals surface area contributed by atoms with Crippen LogP contribution in [-0.4, -0.2) is 74.9 Å². The van der Waals surface area contributed by atoms with Crippen molar-refractivity contribution in [2.75, 3.05) is 47.5 Å². The summed E-state index contributed by atoms with van der Waals surface area (Å²) >= 11 is 0. The van der Waals surface area contributed by atoms with E-state index in [0.29, 0.717) is 17.4 Å². The first kappa shape index (κ1) is 93.8. The second-order valence-corrected chi connectivity index (χ2v) is 27.4. The van der Waals surface area contributed by atoms with Crippen molar-refractivity contribution in [1.82, 2.24) is 0 Å². The van der Waals surface area contributed by atoms with E-state index in [2.05, 4.69) is 257 Å².